The maximum Gasteiger partial charge on any atom is 0.155 e. The van der Waals surface area contributed by atoms with E-state index in [0.29, 0.717) is 11.8 Å². The summed E-state index contributed by atoms with van der Waals surface area (Å²) in [7, 11) is -3.23. The normalized spacial score (nSPS) is 33.4. The molecule has 1 aliphatic carbocycles. The molecule has 0 bridgehead atoms. The van der Waals surface area contributed by atoms with E-state index in [0.717, 1.165) is 19.3 Å². The Morgan fingerprint density at radius 2 is 1.71 bits per heavy atom. The van der Waals surface area contributed by atoms with Gasteiger partial charge in [0.05, 0.1) is 10.9 Å². The molecule has 1 rings (SSSR count). The van der Waals surface area contributed by atoms with Crippen molar-refractivity contribution in [3.8, 4) is 0 Å². The second-order valence-corrected chi connectivity index (χ2v) is 8.94. The van der Waals surface area contributed by atoms with Crippen molar-refractivity contribution >= 4 is 9.84 Å². The number of aliphatic hydroxyl groups is 1. The van der Waals surface area contributed by atoms with Crippen LogP contribution in [0.4, 0.5) is 0 Å². The predicted molar refractivity (Wildman–Crippen MR) is 70.6 cm³/mol. The monoisotopic (exact) mass is 262 g/mol. The number of aliphatic hydroxyl groups excluding tert-OH is 1. The minimum absolute atomic E-state index is 0.117. The van der Waals surface area contributed by atoms with Crippen LogP contribution in [0.2, 0.25) is 0 Å². The van der Waals surface area contributed by atoms with Gasteiger partial charge in [-0.05, 0) is 44.4 Å². The maximum atomic E-state index is 11.7. The van der Waals surface area contributed by atoms with E-state index in [9.17, 15) is 13.5 Å². The number of rotatable bonds is 3. The molecule has 0 aliphatic heterocycles. The molecule has 4 heteroatoms. The first-order valence-corrected chi connectivity index (χ1v) is 8.34. The Bertz CT molecular complexity index is 359. The highest BCUT2D eigenvalue weighted by Gasteiger charge is 2.43. The van der Waals surface area contributed by atoms with Crippen molar-refractivity contribution in [3.05, 3.63) is 0 Å². The van der Waals surface area contributed by atoms with Crippen molar-refractivity contribution in [2.75, 3.05) is 6.26 Å². The van der Waals surface area contributed by atoms with Gasteiger partial charge in [-0.25, -0.2) is 8.42 Å². The summed E-state index contributed by atoms with van der Waals surface area (Å²) in [6.07, 6.45) is 3.41. The zero-order valence-corrected chi connectivity index (χ0v) is 12.4. The Hall–Kier alpha value is -0.0900. The summed E-state index contributed by atoms with van der Waals surface area (Å²) in [5.41, 5.74) is 0. The predicted octanol–water partition coefficient (Wildman–Crippen LogP) is 2.24. The number of hydrogen-bond donors (Lipinski definition) is 1. The van der Waals surface area contributed by atoms with E-state index in [2.05, 4.69) is 13.8 Å². The summed E-state index contributed by atoms with van der Waals surface area (Å²) in [6.45, 7) is 7.69. The molecule has 3 nitrogen and oxygen atoms in total. The van der Waals surface area contributed by atoms with Crippen LogP contribution in [-0.4, -0.2) is 30.6 Å². The van der Waals surface area contributed by atoms with Gasteiger partial charge in [0.2, 0.25) is 0 Å². The number of sulfone groups is 1. The molecular formula is C13H26O3S. The fourth-order valence-electron chi connectivity index (χ4n) is 2.66. The van der Waals surface area contributed by atoms with Crippen LogP contribution in [0.1, 0.15) is 47.0 Å². The van der Waals surface area contributed by atoms with Crippen molar-refractivity contribution in [3.63, 3.8) is 0 Å². The Labute approximate surface area is 106 Å². The summed E-state index contributed by atoms with van der Waals surface area (Å²) in [5.74, 6) is 1.37. The Morgan fingerprint density at radius 1 is 1.18 bits per heavy atom. The molecule has 1 aliphatic rings. The molecule has 0 heterocycles. The van der Waals surface area contributed by atoms with Crippen molar-refractivity contribution < 1.29 is 13.5 Å². The minimum Gasteiger partial charge on any atom is -0.391 e. The van der Waals surface area contributed by atoms with Crippen LogP contribution >= 0.6 is 0 Å². The summed E-state index contributed by atoms with van der Waals surface area (Å²) < 4.78 is 22.4. The van der Waals surface area contributed by atoms with Gasteiger partial charge in [0.15, 0.2) is 9.84 Å². The van der Waals surface area contributed by atoms with Crippen LogP contribution in [0.3, 0.4) is 0 Å². The van der Waals surface area contributed by atoms with E-state index in [4.69, 9.17) is 0 Å². The molecular weight excluding hydrogens is 236 g/mol. The van der Waals surface area contributed by atoms with Crippen molar-refractivity contribution in [1.29, 1.82) is 0 Å². The van der Waals surface area contributed by atoms with Crippen LogP contribution in [0.5, 0.6) is 0 Å². The largest absolute Gasteiger partial charge is 0.391 e. The molecule has 4 unspecified atom stereocenters. The minimum atomic E-state index is -3.23. The maximum absolute atomic E-state index is 11.7. The van der Waals surface area contributed by atoms with Crippen LogP contribution in [-0.2, 0) is 9.84 Å². The molecule has 0 aromatic rings. The van der Waals surface area contributed by atoms with Gasteiger partial charge in [-0.3, -0.25) is 0 Å². The molecule has 0 aromatic heterocycles. The van der Waals surface area contributed by atoms with Crippen LogP contribution in [0, 0.1) is 17.8 Å². The standard InChI is InChI=1S/C13H26O3S/c1-9-6-7-11(8-10(9)2)12(14)13(3,4)17(5,15)16/h9-12,14H,6-8H2,1-5H3. The third-order valence-corrected chi connectivity index (χ3v) is 6.91. The average Bonchev–Trinajstić information content (AvgIpc) is 2.19. The molecule has 1 saturated carbocycles. The molecule has 4 atom stereocenters. The molecule has 0 spiro atoms. The van der Waals surface area contributed by atoms with Crippen LogP contribution < -0.4 is 0 Å². The third kappa shape index (κ3) is 3.02. The highest BCUT2D eigenvalue weighted by atomic mass is 32.2. The van der Waals surface area contributed by atoms with E-state index in [1.165, 1.54) is 6.26 Å². The van der Waals surface area contributed by atoms with Gasteiger partial charge in [0, 0.05) is 6.26 Å². The van der Waals surface area contributed by atoms with Gasteiger partial charge in [-0.2, -0.15) is 0 Å². The Kier molecular flexibility index (Phi) is 4.30. The SMILES string of the molecule is CC1CCC(C(O)C(C)(C)S(C)(=O)=O)CC1C. The lowest BCUT2D eigenvalue weighted by atomic mass is 9.72. The lowest BCUT2D eigenvalue weighted by Crippen LogP contribution is -2.48. The van der Waals surface area contributed by atoms with Gasteiger partial charge >= 0.3 is 0 Å². The molecule has 0 amide bonds. The zero-order valence-electron chi connectivity index (χ0n) is 11.6. The molecule has 1 N–H and O–H groups in total. The van der Waals surface area contributed by atoms with E-state index in [1.807, 2.05) is 0 Å². The molecule has 0 radical (unpaired) electrons. The lowest BCUT2D eigenvalue weighted by Gasteiger charge is -2.40. The molecule has 17 heavy (non-hydrogen) atoms. The summed E-state index contributed by atoms with van der Waals surface area (Å²) in [6, 6.07) is 0. The van der Waals surface area contributed by atoms with Crippen LogP contribution in [0.15, 0.2) is 0 Å². The van der Waals surface area contributed by atoms with E-state index in [1.54, 1.807) is 13.8 Å². The Balaban J connectivity index is 2.81. The quantitative estimate of drug-likeness (QED) is 0.848. The van der Waals surface area contributed by atoms with Gasteiger partial charge in [-0.15, -0.1) is 0 Å². The first-order chi connectivity index (χ1) is 7.57. The van der Waals surface area contributed by atoms with Gasteiger partial charge < -0.3 is 5.11 Å². The van der Waals surface area contributed by atoms with Crippen molar-refractivity contribution in [1.82, 2.24) is 0 Å². The molecule has 102 valence electrons. The van der Waals surface area contributed by atoms with Gasteiger partial charge in [0.1, 0.15) is 0 Å². The zero-order chi connectivity index (χ0) is 13.4. The first-order valence-electron chi connectivity index (χ1n) is 6.45. The lowest BCUT2D eigenvalue weighted by molar-refractivity contribution is 0.0340. The molecule has 0 saturated heterocycles. The fourth-order valence-corrected chi connectivity index (χ4v) is 3.29. The van der Waals surface area contributed by atoms with Crippen molar-refractivity contribution in [2.45, 2.75) is 57.8 Å². The van der Waals surface area contributed by atoms with Gasteiger partial charge in [-0.1, -0.05) is 20.3 Å². The van der Waals surface area contributed by atoms with E-state index >= 15 is 0 Å². The number of hydrogen-bond acceptors (Lipinski definition) is 3. The smallest absolute Gasteiger partial charge is 0.155 e. The average molecular weight is 262 g/mol. The second kappa shape index (κ2) is 4.88. The van der Waals surface area contributed by atoms with E-state index in [-0.39, 0.29) is 5.92 Å². The Morgan fingerprint density at radius 3 is 2.12 bits per heavy atom. The first kappa shape index (κ1) is 15.0. The molecule has 1 fully saturated rings. The second-order valence-electron chi connectivity index (χ2n) is 6.35. The van der Waals surface area contributed by atoms with Gasteiger partial charge in [0.25, 0.3) is 0 Å². The topological polar surface area (TPSA) is 54.4 Å². The highest BCUT2D eigenvalue weighted by Crippen LogP contribution is 2.39. The summed E-state index contributed by atoms with van der Waals surface area (Å²) >= 11 is 0. The van der Waals surface area contributed by atoms with E-state index < -0.39 is 20.7 Å². The highest BCUT2D eigenvalue weighted by molar-refractivity contribution is 7.92. The summed E-state index contributed by atoms with van der Waals surface area (Å²) in [5, 5.41) is 10.4. The van der Waals surface area contributed by atoms with Crippen LogP contribution in [0.25, 0.3) is 0 Å². The van der Waals surface area contributed by atoms with Crippen molar-refractivity contribution in [2.24, 2.45) is 17.8 Å². The molecule has 0 aromatic carbocycles. The third-order valence-electron chi connectivity index (χ3n) is 4.75. The fraction of sp³-hybridized carbons (Fsp3) is 1.00. The summed E-state index contributed by atoms with van der Waals surface area (Å²) in [4.78, 5) is 0.